The zero-order valence-electron chi connectivity index (χ0n) is 9.12. The molecule has 0 unspecified atom stereocenters. The van der Waals surface area contributed by atoms with Gasteiger partial charge in [-0.2, -0.15) is 0 Å². The summed E-state index contributed by atoms with van der Waals surface area (Å²) in [5, 5.41) is 21.6. The lowest BCUT2D eigenvalue weighted by molar-refractivity contribution is -0.131. The first-order valence-corrected chi connectivity index (χ1v) is 5.35. The van der Waals surface area contributed by atoms with Crippen molar-refractivity contribution in [3.8, 4) is 0 Å². The molecule has 0 radical (unpaired) electrons. The average Bonchev–Trinajstić information content (AvgIpc) is 2.51. The predicted octanol–water partition coefficient (Wildman–Crippen LogP) is 0.912. The molecule has 1 fully saturated rings. The first kappa shape index (κ1) is 12.2. The fraction of sp³-hybridized carbons (Fsp3) is 0.727. The largest absolute Gasteiger partial charge is 0.478 e. The van der Waals surface area contributed by atoms with E-state index in [0.29, 0.717) is 13.1 Å². The lowest BCUT2D eigenvalue weighted by Crippen LogP contribution is -2.38. The number of hydrogen-bond donors (Lipinski definition) is 3. The average molecular weight is 213 g/mol. The van der Waals surface area contributed by atoms with E-state index in [1.54, 1.807) is 6.92 Å². The monoisotopic (exact) mass is 213 g/mol. The van der Waals surface area contributed by atoms with Gasteiger partial charge in [0, 0.05) is 19.2 Å². The minimum Gasteiger partial charge on any atom is -0.478 e. The summed E-state index contributed by atoms with van der Waals surface area (Å²) in [4.78, 5) is 10.3. The number of aliphatic carboxylic acids is 1. The maximum absolute atomic E-state index is 10.3. The highest BCUT2D eigenvalue weighted by Crippen LogP contribution is 2.28. The third-order valence-corrected chi connectivity index (χ3v) is 2.76. The molecule has 1 aliphatic rings. The Kier molecular flexibility index (Phi) is 4.29. The highest BCUT2D eigenvalue weighted by Gasteiger charge is 2.30. The number of hydrogen-bond acceptors (Lipinski definition) is 3. The van der Waals surface area contributed by atoms with Crippen LogP contribution in [0.15, 0.2) is 11.6 Å². The summed E-state index contributed by atoms with van der Waals surface area (Å²) in [6, 6.07) is 0. The van der Waals surface area contributed by atoms with Crippen molar-refractivity contribution >= 4 is 5.97 Å². The maximum Gasteiger partial charge on any atom is 0.328 e. The van der Waals surface area contributed by atoms with Crippen LogP contribution in [0.2, 0.25) is 0 Å². The molecule has 0 aromatic rings. The van der Waals surface area contributed by atoms with Gasteiger partial charge in [0.05, 0.1) is 5.60 Å². The Morgan fingerprint density at radius 1 is 1.47 bits per heavy atom. The van der Waals surface area contributed by atoms with Gasteiger partial charge in [-0.15, -0.1) is 0 Å². The van der Waals surface area contributed by atoms with E-state index >= 15 is 0 Å². The van der Waals surface area contributed by atoms with Crippen molar-refractivity contribution in [2.45, 2.75) is 38.2 Å². The van der Waals surface area contributed by atoms with Crippen molar-refractivity contribution in [2.24, 2.45) is 0 Å². The second-order valence-corrected chi connectivity index (χ2v) is 4.36. The molecule has 0 aromatic carbocycles. The van der Waals surface area contributed by atoms with E-state index in [1.165, 1.54) is 6.08 Å². The molecule has 0 heterocycles. The number of nitrogens with one attached hydrogen (secondary N) is 1. The fourth-order valence-corrected chi connectivity index (χ4v) is 1.96. The minimum absolute atomic E-state index is 0.522. The zero-order valence-corrected chi connectivity index (χ0v) is 9.12. The van der Waals surface area contributed by atoms with Crippen LogP contribution in [0.3, 0.4) is 0 Å². The Morgan fingerprint density at radius 2 is 2.07 bits per heavy atom. The van der Waals surface area contributed by atoms with Crippen LogP contribution in [0, 0.1) is 0 Å². The standard InChI is InChI=1S/C11H19NO3/c1-9(6-10(13)14)7-12-8-11(15)4-2-3-5-11/h6,12,15H,2-5,7-8H2,1H3,(H,13,14). The van der Waals surface area contributed by atoms with E-state index in [2.05, 4.69) is 5.32 Å². The van der Waals surface area contributed by atoms with Crippen LogP contribution in [0.5, 0.6) is 0 Å². The Morgan fingerprint density at radius 3 is 2.60 bits per heavy atom. The fourth-order valence-electron chi connectivity index (χ4n) is 1.96. The van der Waals surface area contributed by atoms with Gasteiger partial charge >= 0.3 is 5.97 Å². The topological polar surface area (TPSA) is 69.6 Å². The van der Waals surface area contributed by atoms with Crippen LogP contribution < -0.4 is 5.32 Å². The highest BCUT2D eigenvalue weighted by molar-refractivity contribution is 5.80. The van der Waals surface area contributed by atoms with E-state index in [1.807, 2.05) is 0 Å². The van der Waals surface area contributed by atoms with Crippen LogP contribution in [0.1, 0.15) is 32.6 Å². The van der Waals surface area contributed by atoms with Gasteiger partial charge < -0.3 is 15.5 Å². The number of rotatable bonds is 5. The molecule has 0 aromatic heterocycles. The van der Waals surface area contributed by atoms with Crippen molar-refractivity contribution in [3.05, 3.63) is 11.6 Å². The lowest BCUT2D eigenvalue weighted by Gasteiger charge is -2.22. The predicted molar refractivity (Wildman–Crippen MR) is 57.7 cm³/mol. The minimum atomic E-state index is -0.922. The number of carboxylic acid groups (broad SMARTS) is 1. The third-order valence-electron chi connectivity index (χ3n) is 2.76. The SMILES string of the molecule is CC(=CC(=O)O)CNCC1(O)CCCC1. The van der Waals surface area contributed by atoms with Crippen molar-refractivity contribution in [3.63, 3.8) is 0 Å². The molecular formula is C11H19NO3. The van der Waals surface area contributed by atoms with Crippen LogP contribution >= 0.6 is 0 Å². The highest BCUT2D eigenvalue weighted by atomic mass is 16.4. The maximum atomic E-state index is 10.3. The smallest absolute Gasteiger partial charge is 0.328 e. The Balaban J connectivity index is 2.23. The zero-order chi connectivity index (χ0) is 11.3. The molecule has 15 heavy (non-hydrogen) atoms. The van der Waals surface area contributed by atoms with E-state index in [0.717, 1.165) is 31.3 Å². The number of carbonyl (C=O) groups is 1. The molecule has 0 amide bonds. The first-order valence-electron chi connectivity index (χ1n) is 5.35. The van der Waals surface area contributed by atoms with E-state index < -0.39 is 11.6 Å². The summed E-state index contributed by atoms with van der Waals surface area (Å²) in [6.45, 7) is 2.84. The van der Waals surface area contributed by atoms with Crippen LogP contribution in [0.4, 0.5) is 0 Å². The van der Waals surface area contributed by atoms with Gasteiger partial charge in [0.15, 0.2) is 0 Å². The van der Waals surface area contributed by atoms with E-state index in [4.69, 9.17) is 5.11 Å². The molecule has 3 N–H and O–H groups in total. The second kappa shape index (κ2) is 5.28. The molecule has 1 aliphatic carbocycles. The molecule has 86 valence electrons. The number of aliphatic hydroxyl groups is 1. The molecule has 1 rings (SSSR count). The molecule has 4 nitrogen and oxygen atoms in total. The van der Waals surface area contributed by atoms with Crippen molar-refractivity contribution < 1.29 is 15.0 Å². The van der Waals surface area contributed by atoms with Crippen LogP contribution in [-0.4, -0.2) is 34.9 Å². The Bertz CT molecular complexity index is 255. The van der Waals surface area contributed by atoms with E-state index in [9.17, 15) is 9.90 Å². The molecule has 0 saturated heterocycles. The van der Waals surface area contributed by atoms with Gasteiger partial charge in [0.1, 0.15) is 0 Å². The summed E-state index contributed by atoms with van der Waals surface area (Å²) in [6.07, 6.45) is 5.05. The lowest BCUT2D eigenvalue weighted by atomic mass is 10.0. The molecule has 1 saturated carbocycles. The second-order valence-electron chi connectivity index (χ2n) is 4.36. The first-order chi connectivity index (χ1) is 7.02. The molecule has 0 atom stereocenters. The Hall–Kier alpha value is -0.870. The summed E-state index contributed by atoms with van der Waals surface area (Å²) in [5.41, 5.74) is 0.202. The molecule has 0 bridgehead atoms. The van der Waals surface area contributed by atoms with Gasteiger partial charge in [-0.25, -0.2) is 4.79 Å². The third kappa shape index (κ3) is 4.44. The van der Waals surface area contributed by atoms with Gasteiger partial charge in [0.25, 0.3) is 0 Å². The summed E-state index contributed by atoms with van der Waals surface area (Å²) in [7, 11) is 0. The van der Waals surface area contributed by atoms with Crippen LogP contribution in [0.25, 0.3) is 0 Å². The van der Waals surface area contributed by atoms with Crippen molar-refractivity contribution in [1.29, 1.82) is 0 Å². The summed E-state index contributed by atoms with van der Waals surface area (Å²) >= 11 is 0. The van der Waals surface area contributed by atoms with Gasteiger partial charge in [0.2, 0.25) is 0 Å². The molecule has 4 heteroatoms. The number of carboxylic acids is 1. The summed E-state index contributed by atoms with van der Waals surface area (Å²) in [5.74, 6) is -0.922. The molecule has 0 aliphatic heterocycles. The van der Waals surface area contributed by atoms with Gasteiger partial charge in [-0.05, 0) is 19.8 Å². The van der Waals surface area contributed by atoms with Gasteiger partial charge in [-0.3, -0.25) is 0 Å². The van der Waals surface area contributed by atoms with Gasteiger partial charge in [-0.1, -0.05) is 18.4 Å². The molecule has 0 spiro atoms. The van der Waals surface area contributed by atoms with E-state index in [-0.39, 0.29) is 0 Å². The van der Waals surface area contributed by atoms with Crippen LogP contribution in [-0.2, 0) is 4.79 Å². The molecular weight excluding hydrogens is 194 g/mol. The Labute approximate surface area is 90.0 Å². The van der Waals surface area contributed by atoms with Crippen molar-refractivity contribution in [1.82, 2.24) is 5.32 Å². The summed E-state index contributed by atoms with van der Waals surface area (Å²) < 4.78 is 0. The normalized spacial score (nSPS) is 20.5. The quantitative estimate of drug-likeness (QED) is 0.594. The van der Waals surface area contributed by atoms with Crippen molar-refractivity contribution in [2.75, 3.05) is 13.1 Å².